The van der Waals surface area contributed by atoms with Crippen LogP contribution in [0.4, 0.5) is 16.3 Å². The van der Waals surface area contributed by atoms with E-state index in [1.807, 2.05) is 13.8 Å². The Labute approximate surface area is 145 Å². The van der Waals surface area contributed by atoms with E-state index in [9.17, 15) is 4.79 Å². The molecule has 0 atom stereocenters. The number of nitrogens with zero attached hydrogens (tertiary/aromatic N) is 3. The van der Waals surface area contributed by atoms with Crippen molar-refractivity contribution in [2.24, 2.45) is 5.16 Å². The van der Waals surface area contributed by atoms with E-state index >= 15 is 0 Å². The topological polar surface area (TPSA) is 124 Å². The van der Waals surface area contributed by atoms with Gasteiger partial charge in [0.1, 0.15) is 30.6 Å². The molecule has 1 aromatic carbocycles. The SMILES string of the molecule is CCNC(=O)Nc1ccc(Oc2ncnc(N)c2/C=N/OC)c(C)c1. The minimum atomic E-state index is -0.266. The Bertz CT molecular complexity index is 778. The zero-order valence-corrected chi connectivity index (χ0v) is 14.2. The summed E-state index contributed by atoms with van der Waals surface area (Å²) >= 11 is 0. The number of rotatable bonds is 6. The third-order valence-electron chi connectivity index (χ3n) is 3.14. The number of urea groups is 1. The Kier molecular flexibility index (Phi) is 6.10. The fourth-order valence-corrected chi connectivity index (χ4v) is 1.98. The van der Waals surface area contributed by atoms with E-state index in [1.54, 1.807) is 18.2 Å². The Morgan fingerprint density at radius 3 is 2.88 bits per heavy atom. The molecule has 132 valence electrons. The third kappa shape index (κ3) is 4.80. The zero-order valence-electron chi connectivity index (χ0n) is 14.2. The van der Waals surface area contributed by atoms with Crippen LogP contribution in [0.15, 0.2) is 29.7 Å². The normalized spacial score (nSPS) is 10.5. The number of anilines is 2. The lowest BCUT2D eigenvalue weighted by Gasteiger charge is -2.12. The molecule has 4 N–H and O–H groups in total. The monoisotopic (exact) mass is 344 g/mol. The molecule has 0 spiro atoms. The molecule has 2 aromatic rings. The van der Waals surface area contributed by atoms with E-state index < -0.39 is 0 Å². The number of hydrogen-bond donors (Lipinski definition) is 3. The smallest absolute Gasteiger partial charge is 0.319 e. The molecule has 2 rings (SSSR count). The van der Waals surface area contributed by atoms with Crippen molar-refractivity contribution in [1.82, 2.24) is 15.3 Å². The number of benzene rings is 1. The number of amides is 2. The van der Waals surface area contributed by atoms with Gasteiger partial charge in [-0.3, -0.25) is 0 Å². The van der Waals surface area contributed by atoms with E-state index in [4.69, 9.17) is 10.5 Å². The summed E-state index contributed by atoms with van der Waals surface area (Å²) in [6.45, 7) is 4.25. The maximum absolute atomic E-state index is 11.6. The van der Waals surface area contributed by atoms with Crippen molar-refractivity contribution in [3.05, 3.63) is 35.7 Å². The van der Waals surface area contributed by atoms with Crippen LogP contribution >= 0.6 is 0 Å². The maximum atomic E-state index is 11.6. The van der Waals surface area contributed by atoms with Crippen molar-refractivity contribution in [3.8, 4) is 11.6 Å². The number of nitrogens with two attached hydrogens (primary N) is 1. The average molecular weight is 344 g/mol. The quantitative estimate of drug-likeness (QED) is 0.545. The second-order valence-corrected chi connectivity index (χ2v) is 4.96. The fourth-order valence-electron chi connectivity index (χ4n) is 1.98. The van der Waals surface area contributed by atoms with Crippen molar-refractivity contribution in [3.63, 3.8) is 0 Å². The van der Waals surface area contributed by atoms with Gasteiger partial charge in [-0.25, -0.2) is 14.8 Å². The van der Waals surface area contributed by atoms with Gasteiger partial charge in [-0.1, -0.05) is 5.16 Å². The molecule has 0 unspecified atom stereocenters. The predicted molar refractivity (Wildman–Crippen MR) is 95.0 cm³/mol. The van der Waals surface area contributed by atoms with Crippen molar-refractivity contribution >= 4 is 23.8 Å². The molecule has 0 saturated carbocycles. The molecule has 0 radical (unpaired) electrons. The number of carbonyl (C=O) groups is 1. The van der Waals surface area contributed by atoms with Crippen LogP contribution in [0.25, 0.3) is 0 Å². The highest BCUT2D eigenvalue weighted by Gasteiger charge is 2.12. The minimum absolute atomic E-state index is 0.220. The summed E-state index contributed by atoms with van der Waals surface area (Å²) in [6.07, 6.45) is 2.68. The summed E-state index contributed by atoms with van der Waals surface area (Å²) in [4.78, 5) is 24.2. The zero-order chi connectivity index (χ0) is 18.2. The third-order valence-corrected chi connectivity index (χ3v) is 3.14. The van der Waals surface area contributed by atoms with Crippen LogP contribution in [0.3, 0.4) is 0 Å². The molecule has 2 amide bonds. The van der Waals surface area contributed by atoms with Crippen LogP contribution in [-0.4, -0.2) is 35.9 Å². The van der Waals surface area contributed by atoms with Gasteiger partial charge in [0, 0.05) is 12.2 Å². The van der Waals surface area contributed by atoms with E-state index in [0.717, 1.165) is 5.56 Å². The van der Waals surface area contributed by atoms with Crippen molar-refractivity contribution < 1.29 is 14.4 Å². The lowest BCUT2D eigenvalue weighted by atomic mass is 10.2. The molecular weight excluding hydrogens is 324 g/mol. The highest BCUT2D eigenvalue weighted by molar-refractivity contribution is 5.89. The van der Waals surface area contributed by atoms with Crippen LogP contribution in [0.5, 0.6) is 11.6 Å². The van der Waals surface area contributed by atoms with E-state index in [1.165, 1.54) is 19.7 Å². The molecule has 1 heterocycles. The highest BCUT2D eigenvalue weighted by atomic mass is 16.6. The van der Waals surface area contributed by atoms with Gasteiger partial charge >= 0.3 is 6.03 Å². The molecule has 25 heavy (non-hydrogen) atoms. The maximum Gasteiger partial charge on any atom is 0.319 e. The standard InChI is InChI=1S/C16H20N6O3/c1-4-18-16(23)22-11-5-6-13(10(2)7-11)25-15-12(8-21-24-3)14(17)19-9-20-15/h5-9H,4H2,1-3H3,(H2,17,19,20)(H2,18,22,23)/b21-8+. The minimum Gasteiger partial charge on any atom is -0.438 e. The molecule has 0 aliphatic heterocycles. The Hall–Kier alpha value is -3.36. The van der Waals surface area contributed by atoms with Crippen LogP contribution in [0.1, 0.15) is 18.1 Å². The van der Waals surface area contributed by atoms with E-state index in [2.05, 4.69) is 30.6 Å². The summed E-state index contributed by atoms with van der Waals surface area (Å²) in [5.41, 5.74) is 7.70. The van der Waals surface area contributed by atoms with Crippen LogP contribution in [0, 0.1) is 6.92 Å². The fraction of sp³-hybridized carbons (Fsp3) is 0.250. The van der Waals surface area contributed by atoms with Gasteiger partial charge in [0.05, 0.1) is 6.21 Å². The lowest BCUT2D eigenvalue weighted by molar-refractivity contribution is 0.215. The van der Waals surface area contributed by atoms with E-state index in [-0.39, 0.29) is 17.7 Å². The molecule has 0 aliphatic rings. The molecule has 9 heteroatoms. The highest BCUT2D eigenvalue weighted by Crippen LogP contribution is 2.29. The Balaban J connectivity index is 2.22. The first-order valence-electron chi connectivity index (χ1n) is 7.55. The average Bonchev–Trinajstić information content (AvgIpc) is 2.57. The lowest BCUT2D eigenvalue weighted by Crippen LogP contribution is -2.28. The molecule has 0 aliphatic carbocycles. The number of ether oxygens (including phenoxy) is 1. The van der Waals surface area contributed by atoms with Gasteiger partial charge < -0.3 is 25.9 Å². The second kappa shape index (κ2) is 8.48. The summed E-state index contributed by atoms with van der Waals surface area (Å²) < 4.78 is 5.82. The van der Waals surface area contributed by atoms with Gasteiger partial charge in [0.25, 0.3) is 0 Å². The molecule has 9 nitrogen and oxygen atoms in total. The number of nitrogen functional groups attached to an aromatic ring is 1. The Morgan fingerprint density at radius 2 is 2.20 bits per heavy atom. The van der Waals surface area contributed by atoms with Gasteiger partial charge in [-0.15, -0.1) is 0 Å². The molecule has 0 bridgehead atoms. The molecule has 0 saturated heterocycles. The summed E-state index contributed by atoms with van der Waals surface area (Å²) in [5.74, 6) is 1.03. The number of hydrogen-bond acceptors (Lipinski definition) is 7. The number of aryl methyl sites for hydroxylation is 1. The molecule has 1 aromatic heterocycles. The van der Waals surface area contributed by atoms with Crippen molar-refractivity contribution in [2.45, 2.75) is 13.8 Å². The summed E-state index contributed by atoms with van der Waals surface area (Å²) in [5, 5.41) is 9.07. The number of aromatic nitrogens is 2. The van der Waals surface area contributed by atoms with Crippen LogP contribution in [-0.2, 0) is 4.84 Å². The van der Waals surface area contributed by atoms with Gasteiger partial charge in [-0.05, 0) is 37.6 Å². The largest absolute Gasteiger partial charge is 0.438 e. The summed E-state index contributed by atoms with van der Waals surface area (Å²) in [6, 6.07) is 4.98. The van der Waals surface area contributed by atoms with Crippen LogP contribution < -0.4 is 21.1 Å². The van der Waals surface area contributed by atoms with Gasteiger partial charge in [-0.2, -0.15) is 0 Å². The van der Waals surface area contributed by atoms with Gasteiger partial charge in [0.15, 0.2) is 0 Å². The first-order chi connectivity index (χ1) is 12.0. The predicted octanol–water partition coefficient (Wildman–Crippen LogP) is 2.28. The van der Waals surface area contributed by atoms with Crippen LogP contribution in [0.2, 0.25) is 0 Å². The number of carbonyl (C=O) groups excluding carboxylic acids is 1. The molecule has 0 fully saturated rings. The number of oxime groups is 1. The first kappa shape index (κ1) is 18.0. The number of nitrogens with one attached hydrogen (secondary N) is 2. The van der Waals surface area contributed by atoms with Crippen molar-refractivity contribution in [1.29, 1.82) is 0 Å². The van der Waals surface area contributed by atoms with E-state index in [0.29, 0.717) is 23.5 Å². The molecular formula is C16H20N6O3. The van der Waals surface area contributed by atoms with Gasteiger partial charge in [0.2, 0.25) is 5.88 Å². The Morgan fingerprint density at radius 1 is 1.40 bits per heavy atom. The first-order valence-corrected chi connectivity index (χ1v) is 7.55. The second-order valence-electron chi connectivity index (χ2n) is 4.96. The summed E-state index contributed by atoms with van der Waals surface area (Å²) in [7, 11) is 1.42. The van der Waals surface area contributed by atoms with Crippen molar-refractivity contribution in [2.75, 3.05) is 24.7 Å².